The fourth-order valence-corrected chi connectivity index (χ4v) is 3.03. The first-order chi connectivity index (χ1) is 13.4. The molecule has 2 atom stereocenters. The Bertz CT molecular complexity index is 750. The minimum Gasteiger partial charge on any atom is -0.494 e. The fourth-order valence-electron chi connectivity index (χ4n) is 3.03. The molecule has 0 bridgehead atoms. The quantitative estimate of drug-likeness (QED) is 0.574. The van der Waals surface area contributed by atoms with Crippen LogP contribution in [0.25, 0.3) is 6.08 Å². The number of hydrogen-bond donors (Lipinski definition) is 2. The molecule has 0 aliphatic heterocycles. The SMILES string of the molecule is COc1ccc(/C=C/C(=O)OCC(=O)NC(=O)N[C@@H]2CCCC[C@H]2C)cc1F. The van der Waals surface area contributed by atoms with Crippen molar-refractivity contribution in [2.75, 3.05) is 13.7 Å². The maximum atomic E-state index is 13.6. The number of amides is 3. The number of carbonyl (C=O) groups is 3. The van der Waals surface area contributed by atoms with E-state index in [2.05, 4.69) is 17.6 Å². The molecule has 2 rings (SSSR count). The van der Waals surface area contributed by atoms with Gasteiger partial charge < -0.3 is 14.8 Å². The van der Waals surface area contributed by atoms with Crippen molar-refractivity contribution in [1.82, 2.24) is 10.6 Å². The van der Waals surface area contributed by atoms with Crippen molar-refractivity contribution in [2.24, 2.45) is 5.92 Å². The molecule has 0 saturated heterocycles. The van der Waals surface area contributed by atoms with Gasteiger partial charge in [0.15, 0.2) is 18.2 Å². The predicted molar refractivity (Wildman–Crippen MR) is 101 cm³/mol. The highest BCUT2D eigenvalue weighted by atomic mass is 19.1. The minimum atomic E-state index is -0.785. The lowest BCUT2D eigenvalue weighted by molar-refractivity contribution is -0.143. The Hall–Kier alpha value is -2.90. The summed E-state index contributed by atoms with van der Waals surface area (Å²) in [6.07, 6.45) is 6.53. The number of benzene rings is 1. The van der Waals surface area contributed by atoms with E-state index < -0.39 is 30.3 Å². The molecule has 0 unspecified atom stereocenters. The Kier molecular flexibility index (Phi) is 7.98. The van der Waals surface area contributed by atoms with Crippen LogP contribution in [0.3, 0.4) is 0 Å². The van der Waals surface area contributed by atoms with Gasteiger partial charge in [-0.25, -0.2) is 14.0 Å². The Labute approximate surface area is 163 Å². The number of halogens is 1. The zero-order chi connectivity index (χ0) is 20.5. The largest absolute Gasteiger partial charge is 0.494 e. The van der Waals surface area contributed by atoms with E-state index >= 15 is 0 Å². The third-order valence-electron chi connectivity index (χ3n) is 4.61. The second kappa shape index (κ2) is 10.4. The molecular weight excluding hydrogens is 367 g/mol. The first kappa shape index (κ1) is 21.4. The molecule has 1 aliphatic rings. The van der Waals surface area contributed by atoms with Crippen molar-refractivity contribution in [2.45, 2.75) is 38.6 Å². The smallest absolute Gasteiger partial charge is 0.331 e. The number of imide groups is 1. The number of methoxy groups -OCH3 is 1. The summed E-state index contributed by atoms with van der Waals surface area (Å²) in [7, 11) is 1.35. The number of rotatable bonds is 6. The number of esters is 1. The van der Waals surface area contributed by atoms with Crippen molar-refractivity contribution in [3.8, 4) is 5.75 Å². The van der Waals surface area contributed by atoms with Crippen molar-refractivity contribution in [3.05, 3.63) is 35.7 Å². The molecular formula is C20H25FN2O5. The molecule has 0 radical (unpaired) electrons. The van der Waals surface area contributed by atoms with Crippen LogP contribution in [-0.4, -0.2) is 37.7 Å². The normalized spacial score (nSPS) is 19.1. The van der Waals surface area contributed by atoms with Gasteiger partial charge in [-0.3, -0.25) is 10.1 Å². The van der Waals surface area contributed by atoms with Crippen molar-refractivity contribution in [1.29, 1.82) is 0 Å². The van der Waals surface area contributed by atoms with Crippen molar-refractivity contribution in [3.63, 3.8) is 0 Å². The second-order valence-electron chi connectivity index (χ2n) is 6.72. The average molecular weight is 392 g/mol. The Morgan fingerprint density at radius 2 is 2.00 bits per heavy atom. The number of hydrogen-bond acceptors (Lipinski definition) is 5. The van der Waals surface area contributed by atoms with Gasteiger partial charge in [0, 0.05) is 12.1 Å². The molecule has 1 saturated carbocycles. The molecule has 8 heteroatoms. The number of nitrogens with one attached hydrogen (secondary N) is 2. The van der Waals surface area contributed by atoms with Crippen LogP contribution in [0.15, 0.2) is 24.3 Å². The first-order valence-corrected chi connectivity index (χ1v) is 9.17. The van der Waals surface area contributed by atoms with E-state index in [1.165, 1.54) is 25.3 Å². The lowest BCUT2D eigenvalue weighted by Crippen LogP contribution is -2.48. The zero-order valence-electron chi connectivity index (χ0n) is 16.0. The van der Waals surface area contributed by atoms with E-state index in [0.29, 0.717) is 11.5 Å². The molecule has 7 nitrogen and oxygen atoms in total. The topological polar surface area (TPSA) is 93.7 Å². The molecule has 28 heavy (non-hydrogen) atoms. The summed E-state index contributed by atoms with van der Waals surface area (Å²) in [6, 6.07) is 3.64. The van der Waals surface area contributed by atoms with Gasteiger partial charge in [-0.2, -0.15) is 0 Å². The average Bonchev–Trinajstić information content (AvgIpc) is 2.66. The summed E-state index contributed by atoms with van der Waals surface area (Å²) in [4.78, 5) is 35.3. The van der Waals surface area contributed by atoms with Crippen LogP contribution in [-0.2, 0) is 14.3 Å². The van der Waals surface area contributed by atoms with E-state index in [9.17, 15) is 18.8 Å². The molecule has 0 heterocycles. The van der Waals surface area contributed by atoms with E-state index in [-0.39, 0.29) is 11.8 Å². The van der Waals surface area contributed by atoms with E-state index in [1.54, 1.807) is 6.07 Å². The molecule has 1 aromatic carbocycles. The maximum Gasteiger partial charge on any atom is 0.331 e. The first-order valence-electron chi connectivity index (χ1n) is 9.17. The molecule has 2 N–H and O–H groups in total. The highest BCUT2D eigenvalue weighted by molar-refractivity contribution is 5.96. The van der Waals surface area contributed by atoms with Crippen LogP contribution in [0.4, 0.5) is 9.18 Å². The third kappa shape index (κ3) is 6.68. The summed E-state index contributed by atoms with van der Waals surface area (Å²) >= 11 is 0. The van der Waals surface area contributed by atoms with Crippen LogP contribution in [0.5, 0.6) is 5.75 Å². The summed E-state index contributed by atoms with van der Waals surface area (Å²) in [6.45, 7) is 1.47. The summed E-state index contributed by atoms with van der Waals surface area (Å²) in [5.41, 5.74) is 0.431. The lowest BCUT2D eigenvalue weighted by Gasteiger charge is -2.29. The highest BCUT2D eigenvalue weighted by Crippen LogP contribution is 2.23. The number of ether oxygens (including phenoxy) is 2. The van der Waals surface area contributed by atoms with E-state index in [4.69, 9.17) is 9.47 Å². The summed E-state index contributed by atoms with van der Waals surface area (Å²) < 4.78 is 23.2. The molecule has 0 aromatic heterocycles. The highest BCUT2D eigenvalue weighted by Gasteiger charge is 2.23. The molecule has 1 aliphatic carbocycles. The number of carbonyl (C=O) groups excluding carboxylic acids is 3. The van der Waals surface area contributed by atoms with Gasteiger partial charge in [0.25, 0.3) is 5.91 Å². The van der Waals surface area contributed by atoms with Gasteiger partial charge >= 0.3 is 12.0 Å². The number of urea groups is 1. The lowest BCUT2D eigenvalue weighted by atomic mass is 9.86. The van der Waals surface area contributed by atoms with Crippen LogP contribution < -0.4 is 15.4 Å². The van der Waals surface area contributed by atoms with Crippen molar-refractivity contribution < 1.29 is 28.2 Å². The fraction of sp³-hybridized carbons (Fsp3) is 0.450. The van der Waals surface area contributed by atoms with Gasteiger partial charge in [0.2, 0.25) is 0 Å². The third-order valence-corrected chi connectivity index (χ3v) is 4.61. The molecule has 1 fully saturated rings. The maximum absolute atomic E-state index is 13.6. The molecule has 0 spiro atoms. The Morgan fingerprint density at radius 3 is 2.68 bits per heavy atom. The van der Waals surface area contributed by atoms with Gasteiger partial charge in [0.1, 0.15) is 0 Å². The van der Waals surface area contributed by atoms with E-state index in [1.807, 2.05) is 0 Å². The molecule has 1 aromatic rings. The van der Waals surface area contributed by atoms with Gasteiger partial charge in [-0.15, -0.1) is 0 Å². The van der Waals surface area contributed by atoms with Crippen LogP contribution in [0, 0.1) is 11.7 Å². The zero-order valence-corrected chi connectivity index (χ0v) is 16.0. The second-order valence-corrected chi connectivity index (χ2v) is 6.72. The minimum absolute atomic E-state index is 0.0388. The van der Waals surface area contributed by atoms with Crippen LogP contribution in [0.2, 0.25) is 0 Å². The van der Waals surface area contributed by atoms with Gasteiger partial charge in [0.05, 0.1) is 7.11 Å². The summed E-state index contributed by atoms with van der Waals surface area (Å²) in [5, 5.41) is 4.92. The molecule has 152 valence electrons. The van der Waals surface area contributed by atoms with E-state index in [0.717, 1.165) is 31.8 Å². The molecule has 3 amide bonds. The van der Waals surface area contributed by atoms with Crippen LogP contribution >= 0.6 is 0 Å². The summed E-state index contributed by atoms with van der Waals surface area (Å²) in [5.74, 6) is -1.61. The Morgan fingerprint density at radius 1 is 1.25 bits per heavy atom. The van der Waals surface area contributed by atoms with Crippen molar-refractivity contribution >= 4 is 24.0 Å². The van der Waals surface area contributed by atoms with Gasteiger partial charge in [-0.1, -0.05) is 25.8 Å². The van der Waals surface area contributed by atoms with Gasteiger partial charge in [-0.05, 0) is 42.5 Å². The Balaban J connectivity index is 1.73. The monoisotopic (exact) mass is 392 g/mol. The standard InChI is InChI=1S/C20H25FN2O5/c1-13-5-3-4-6-16(13)22-20(26)23-18(24)12-28-19(25)10-8-14-7-9-17(27-2)15(21)11-14/h7-11,13,16H,3-6,12H2,1-2H3,(H2,22,23,24,26)/b10-8+/t13-,16-/m1/s1. The van der Waals surface area contributed by atoms with Crippen LogP contribution in [0.1, 0.15) is 38.2 Å². The predicted octanol–water partition coefficient (Wildman–Crippen LogP) is 2.80.